The summed E-state index contributed by atoms with van der Waals surface area (Å²) in [6.45, 7) is 3.01. The molecule has 1 aliphatic heterocycles. The summed E-state index contributed by atoms with van der Waals surface area (Å²) in [5.41, 5.74) is 1.18. The molecule has 1 aromatic carbocycles. The summed E-state index contributed by atoms with van der Waals surface area (Å²) < 4.78 is 0. The molecule has 4 heteroatoms. The van der Waals surface area contributed by atoms with Crippen molar-refractivity contribution in [3.63, 3.8) is 0 Å². The van der Waals surface area contributed by atoms with Crippen molar-refractivity contribution in [2.75, 3.05) is 13.1 Å². The smallest absolute Gasteiger partial charge is 0.0595 e. The van der Waals surface area contributed by atoms with Gasteiger partial charge in [0.2, 0.25) is 0 Å². The van der Waals surface area contributed by atoms with Gasteiger partial charge in [-0.05, 0) is 37.1 Å². The molecule has 1 fully saturated rings. The molecule has 2 rings (SSSR count). The molecule has 0 spiro atoms. The lowest BCUT2D eigenvalue weighted by atomic mass is 10.1. The highest BCUT2D eigenvalue weighted by atomic mass is 35.5. The van der Waals surface area contributed by atoms with E-state index in [1.54, 1.807) is 0 Å². The number of benzene rings is 1. The fourth-order valence-electron chi connectivity index (χ4n) is 2.14. The summed E-state index contributed by atoms with van der Waals surface area (Å²) in [4.78, 5) is 0. The van der Waals surface area contributed by atoms with Crippen LogP contribution in [0.1, 0.15) is 24.8 Å². The lowest BCUT2D eigenvalue weighted by molar-refractivity contribution is 0.383. The van der Waals surface area contributed by atoms with Crippen molar-refractivity contribution in [3.8, 4) is 0 Å². The van der Waals surface area contributed by atoms with Crippen molar-refractivity contribution in [3.05, 3.63) is 33.8 Å². The molecular formula is C13H18Cl2N2. The zero-order chi connectivity index (χ0) is 12.1. The average Bonchev–Trinajstić information content (AvgIpc) is 2.35. The van der Waals surface area contributed by atoms with Crippen LogP contribution in [0.3, 0.4) is 0 Å². The van der Waals surface area contributed by atoms with Crippen molar-refractivity contribution in [2.24, 2.45) is 0 Å². The third kappa shape index (κ3) is 4.14. The van der Waals surface area contributed by atoms with Gasteiger partial charge in [-0.1, -0.05) is 35.7 Å². The molecule has 17 heavy (non-hydrogen) atoms. The van der Waals surface area contributed by atoms with Crippen molar-refractivity contribution < 1.29 is 0 Å². The fraction of sp³-hybridized carbons (Fsp3) is 0.538. The van der Waals surface area contributed by atoms with Gasteiger partial charge in [0, 0.05) is 19.1 Å². The topological polar surface area (TPSA) is 24.1 Å². The highest BCUT2D eigenvalue weighted by Crippen LogP contribution is 2.22. The fourth-order valence-corrected chi connectivity index (χ4v) is 2.46. The van der Waals surface area contributed by atoms with Crippen LogP contribution in [0.25, 0.3) is 0 Å². The lowest BCUT2D eigenvalue weighted by Crippen LogP contribution is -2.41. The van der Waals surface area contributed by atoms with Gasteiger partial charge in [0.1, 0.15) is 0 Å². The summed E-state index contributed by atoms with van der Waals surface area (Å²) in [6.07, 6.45) is 3.92. The second kappa shape index (κ2) is 6.60. The van der Waals surface area contributed by atoms with Crippen LogP contribution in [-0.4, -0.2) is 19.1 Å². The number of nitrogens with one attached hydrogen (secondary N) is 2. The molecule has 1 atom stereocenters. The van der Waals surface area contributed by atoms with Crippen LogP contribution in [0, 0.1) is 0 Å². The van der Waals surface area contributed by atoms with E-state index in [4.69, 9.17) is 23.2 Å². The van der Waals surface area contributed by atoms with Crippen molar-refractivity contribution in [1.82, 2.24) is 10.6 Å². The molecule has 0 bridgehead atoms. The first-order valence-corrected chi connectivity index (χ1v) is 6.89. The molecular weight excluding hydrogens is 255 g/mol. The summed E-state index contributed by atoms with van der Waals surface area (Å²) in [5, 5.41) is 8.21. The molecule has 1 aliphatic rings. The van der Waals surface area contributed by atoms with Gasteiger partial charge in [-0.15, -0.1) is 0 Å². The zero-order valence-electron chi connectivity index (χ0n) is 9.81. The average molecular weight is 273 g/mol. The second-order valence-corrected chi connectivity index (χ2v) is 5.34. The van der Waals surface area contributed by atoms with Crippen molar-refractivity contribution >= 4 is 23.2 Å². The Morgan fingerprint density at radius 3 is 2.82 bits per heavy atom. The van der Waals surface area contributed by atoms with Crippen LogP contribution in [-0.2, 0) is 6.54 Å². The maximum absolute atomic E-state index is 5.97. The third-order valence-corrected chi connectivity index (χ3v) is 3.86. The molecule has 0 aromatic heterocycles. The highest BCUT2D eigenvalue weighted by molar-refractivity contribution is 6.42. The Morgan fingerprint density at radius 2 is 2.12 bits per heavy atom. The van der Waals surface area contributed by atoms with Crippen LogP contribution in [0.15, 0.2) is 18.2 Å². The minimum atomic E-state index is 0.615. The first kappa shape index (κ1) is 13.2. The summed E-state index contributed by atoms with van der Waals surface area (Å²) in [6, 6.07) is 6.40. The van der Waals surface area contributed by atoms with E-state index in [1.165, 1.54) is 24.8 Å². The van der Waals surface area contributed by atoms with E-state index >= 15 is 0 Å². The summed E-state index contributed by atoms with van der Waals surface area (Å²) >= 11 is 11.8. The van der Waals surface area contributed by atoms with Gasteiger partial charge < -0.3 is 10.6 Å². The van der Waals surface area contributed by atoms with Gasteiger partial charge in [0.15, 0.2) is 0 Å². The molecule has 0 amide bonds. The van der Waals surface area contributed by atoms with E-state index in [0.29, 0.717) is 16.1 Å². The van der Waals surface area contributed by atoms with E-state index < -0.39 is 0 Å². The first-order valence-electron chi connectivity index (χ1n) is 6.14. The van der Waals surface area contributed by atoms with Crippen molar-refractivity contribution in [1.29, 1.82) is 0 Å². The lowest BCUT2D eigenvalue weighted by Gasteiger charge is -2.23. The number of rotatable bonds is 4. The van der Waals surface area contributed by atoms with Crippen LogP contribution in [0.4, 0.5) is 0 Å². The Labute approximate surface area is 113 Å². The molecule has 2 N–H and O–H groups in total. The molecule has 0 saturated carbocycles. The van der Waals surface area contributed by atoms with Crippen LogP contribution >= 0.6 is 23.2 Å². The number of piperidine rings is 1. The quantitative estimate of drug-likeness (QED) is 0.880. The van der Waals surface area contributed by atoms with E-state index in [9.17, 15) is 0 Å². The number of hydrogen-bond donors (Lipinski definition) is 2. The zero-order valence-corrected chi connectivity index (χ0v) is 11.3. The SMILES string of the molecule is Clc1ccc(CNCC2CCCCN2)cc1Cl. The molecule has 2 nitrogen and oxygen atoms in total. The minimum absolute atomic E-state index is 0.615. The molecule has 1 aromatic rings. The van der Waals surface area contributed by atoms with Gasteiger partial charge in [-0.3, -0.25) is 0 Å². The number of hydrogen-bond acceptors (Lipinski definition) is 2. The molecule has 1 saturated heterocycles. The molecule has 94 valence electrons. The Morgan fingerprint density at radius 1 is 1.24 bits per heavy atom. The molecule has 1 heterocycles. The van der Waals surface area contributed by atoms with Gasteiger partial charge in [0.05, 0.1) is 10.0 Å². The Bertz CT molecular complexity index is 362. The largest absolute Gasteiger partial charge is 0.313 e. The molecule has 1 unspecified atom stereocenters. The Balaban J connectivity index is 1.75. The van der Waals surface area contributed by atoms with E-state index in [2.05, 4.69) is 10.6 Å². The normalized spacial score (nSPS) is 20.5. The van der Waals surface area contributed by atoms with Gasteiger partial charge in [-0.2, -0.15) is 0 Å². The van der Waals surface area contributed by atoms with Crippen molar-refractivity contribution in [2.45, 2.75) is 31.8 Å². The Kier molecular flexibility index (Phi) is 5.11. The summed E-state index contributed by atoms with van der Waals surface area (Å²) in [5.74, 6) is 0. The number of halogens is 2. The highest BCUT2D eigenvalue weighted by Gasteiger charge is 2.11. The monoisotopic (exact) mass is 272 g/mol. The predicted octanol–water partition coefficient (Wildman–Crippen LogP) is 3.23. The van der Waals surface area contributed by atoms with Gasteiger partial charge in [0.25, 0.3) is 0 Å². The predicted molar refractivity (Wildman–Crippen MR) is 73.8 cm³/mol. The first-order chi connectivity index (χ1) is 8.25. The maximum Gasteiger partial charge on any atom is 0.0595 e. The van der Waals surface area contributed by atoms with E-state index in [-0.39, 0.29) is 0 Å². The third-order valence-electron chi connectivity index (χ3n) is 3.12. The van der Waals surface area contributed by atoms with Crippen LogP contribution in [0.5, 0.6) is 0 Å². The van der Waals surface area contributed by atoms with Gasteiger partial charge >= 0.3 is 0 Å². The maximum atomic E-state index is 5.97. The standard InChI is InChI=1S/C13H18Cl2N2/c14-12-5-4-10(7-13(12)15)8-16-9-11-3-1-2-6-17-11/h4-5,7,11,16-17H,1-3,6,8-9H2. The van der Waals surface area contributed by atoms with Gasteiger partial charge in [-0.25, -0.2) is 0 Å². The minimum Gasteiger partial charge on any atom is -0.313 e. The molecule has 0 aliphatic carbocycles. The van der Waals surface area contributed by atoms with E-state index in [1.807, 2.05) is 18.2 Å². The molecule has 0 radical (unpaired) electrons. The second-order valence-electron chi connectivity index (χ2n) is 4.53. The van der Waals surface area contributed by atoms with Crippen LogP contribution in [0.2, 0.25) is 10.0 Å². The van der Waals surface area contributed by atoms with E-state index in [0.717, 1.165) is 19.6 Å². The Hall–Kier alpha value is -0.280. The van der Waals surface area contributed by atoms with Crippen LogP contribution < -0.4 is 10.6 Å². The summed E-state index contributed by atoms with van der Waals surface area (Å²) in [7, 11) is 0.